The second-order valence-corrected chi connectivity index (χ2v) is 7.67. The topological polar surface area (TPSA) is 75.3 Å². The van der Waals surface area contributed by atoms with Crippen LogP contribution in [0.3, 0.4) is 0 Å². The molecule has 0 amide bonds. The Bertz CT molecular complexity index is 744. The molecular weight excluding hydrogens is 314 g/mol. The number of rotatable bonds is 4. The third kappa shape index (κ3) is 3.25. The molecule has 3 rings (SSSR count). The number of benzene rings is 1. The van der Waals surface area contributed by atoms with Crippen molar-refractivity contribution in [3.8, 4) is 5.75 Å². The highest BCUT2D eigenvalue weighted by Crippen LogP contribution is 2.26. The van der Waals surface area contributed by atoms with Gasteiger partial charge in [-0.15, -0.1) is 0 Å². The fourth-order valence-electron chi connectivity index (χ4n) is 2.93. The predicted octanol–water partition coefficient (Wildman–Crippen LogP) is 2.26. The standard InChI is InChI=1S/C16H21N3O3S/c1-12-16(13(2)18-17-12)23(20,21)19-10-8-15(9-11-19)22-14-6-4-3-5-7-14/h3-7,15H,8-11H2,1-2H3,(H,17,18). The SMILES string of the molecule is Cc1n[nH]c(C)c1S(=O)(=O)N1CCC(Oc2ccccc2)CC1. The van der Waals surface area contributed by atoms with Crippen LogP contribution in [0.5, 0.6) is 5.75 Å². The molecule has 1 fully saturated rings. The molecule has 124 valence electrons. The van der Waals surface area contributed by atoms with Gasteiger partial charge in [-0.3, -0.25) is 5.10 Å². The second kappa shape index (κ2) is 6.33. The van der Waals surface area contributed by atoms with E-state index in [0.29, 0.717) is 42.2 Å². The summed E-state index contributed by atoms with van der Waals surface area (Å²) in [5.41, 5.74) is 1.11. The highest BCUT2D eigenvalue weighted by atomic mass is 32.2. The quantitative estimate of drug-likeness (QED) is 0.930. The summed E-state index contributed by atoms with van der Waals surface area (Å²) in [6, 6.07) is 9.64. The van der Waals surface area contributed by atoms with E-state index in [-0.39, 0.29) is 6.10 Å². The monoisotopic (exact) mass is 335 g/mol. The lowest BCUT2D eigenvalue weighted by molar-refractivity contribution is 0.135. The van der Waals surface area contributed by atoms with Gasteiger partial charge < -0.3 is 4.74 Å². The number of aryl methyl sites for hydroxylation is 2. The normalized spacial score (nSPS) is 17.3. The second-order valence-electron chi connectivity index (χ2n) is 5.80. The highest BCUT2D eigenvalue weighted by molar-refractivity contribution is 7.89. The van der Waals surface area contributed by atoms with Crippen LogP contribution < -0.4 is 4.74 Å². The van der Waals surface area contributed by atoms with Gasteiger partial charge in [-0.2, -0.15) is 9.40 Å². The number of H-pyrrole nitrogens is 1. The maximum Gasteiger partial charge on any atom is 0.246 e. The van der Waals surface area contributed by atoms with E-state index in [0.717, 1.165) is 5.75 Å². The summed E-state index contributed by atoms with van der Waals surface area (Å²) in [4.78, 5) is 0.305. The fraction of sp³-hybridized carbons (Fsp3) is 0.438. The molecule has 1 aromatic heterocycles. The number of aromatic amines is 1. The van der Waals surface area contributed by atoms with E-state index in [1.807, 2.05) is 30.3 Å². The lowest BCUT2D eigenvalue weighted by Crippen LogP contribution is -2.42. The Labute approximate surface area is 136 Å². The van der Waals surface area contributed by atoms with Gasteiger partial charge in [0.2, 0.25) is 10.0 Å². The number of aromatic nitrogens is 2. The van der Waals surface area contributed by atoms with Gasteiger partial charge in [0.05, 0.1) is 11.4 Å². The van der Waals surface area contributed by atoms with Crippen molar-refractivity contribution < 1.29 is 13.2 Å². The molecule has 0 atom stereocenters. The molecule has 1 aliphatic heterocycles. The summed E-state index contributed by atoms with van der Waals surface area (Å²) >= 11 is 0. The molecular formula is C16H21N3O3S. The highest BCUT2D eigenvalue weighted by Gasteiger charge is 2.33. The zero-order valence-electron chi connectivity index (χ0n) is 13.3. The van der Waals surface area contributed by atoms with Gasteiger partial charge in [-0.25, -0.2) is 8.42 Å². The Morgan fingerprint density at radius 1 is 1.17 bits per heavy atom. The van der Waals surface area contributed by atoms with E-state index in [9.17, 15) is 8.42 Å². The molecule has 0 bridgehead atoms. The molecule has 2 heterocycles. The zero-order chi connectivity index (χ0) is 16.4. The van der Waals surface area contributed by atoms with Crippen molar-refractivity contribution in [1.82, 2.24) is 14.5 Å². The van der Waals surface area contributed by atoms with E-state index in [2.05, 4.69) is 10.2 Å². The van der Waals surface area contributed by atoms with Crippen LogP contribution in [-0.4, -0.2) is 42.1 Å². The summed E-state index contributed by atoms with van der Waals surface area (Å²) < 4.78 is 33.0. The fourth-order valence-corrected chi connectivity index (χ4v) is 4.73. The van der Waals surface area contributed by atoms with Crippen LogP contribution in [0, 0.1) is 13.8 Å². The molecule has 1 aliphatic rings. The van der Waals surface area contributed by atoms with Crippen molar-refractivity contribution in [3.05, 3.63) is 41.7 Å². The summed E-state index contributed by atoms with van der Waals surface area (Å²) in [5, 5.41) is 6.74. The predicted molar refractivity (Wildman–Crippen MR) is 86.9 cm³/mol. The number of nitrogens with zero attached hydrogens (tertiary/aromatic N) is 2. The first-order chi connectivity index (χ1) is 11.0. The molecule has 6 nitrogen and oxygen atoms in total. The van der Waals surface area contributed by atoms with Crippen LogP contribution in [0.15, 0.2) is 35.2 Å². The van der Waals surface area contributed by atoms with Gasteiger partial charge in [0, 0.05) is 13.1 Å². The van der Waals surface area contributed by atoms with Crippen molar-refractivity contribution in [3.63, 3.8) is 0 Å². The first kappa shape index (κ1) is 16.0. The minimum Gasteiger partial charge on any atom is -0.490 e. The Hall–Kier alpha value is -1.86. The molecule has 23 heavy (non-hydrogen) atoms. The molecule has 7 heteroatoms. The van der Waals surface area contributed by atoms with E-state index >= 15 is 0 Å². The van der Waals surface area contributed by atoms with Crippen molar-refractivity contribution in [2.75, 3.05) is 13.1 Å². The van der Waals surface area contributed by atoms with Gasteiger partial charge in [-0.05, 0) is 38.8 Å². The Morgan fingerprint density at radius 2 is 1.83 bits per heavy atom. The molecule has 0 aliphatic carbocycles. The molecule has 2 aromatic rings. The Morgan fingerprint density at radius 3 is 2.39 bits per heavy atom. The summed E-state index contributed by atoms with van der Waals surface area (Å²) in [7, 11) is -3.49. The van der Waals surface area contributed by atoms with Crippen LogP contribution in [0.25, 0.3) is 0 Å². The van der Waals surface area contributed by atoms with E-state index in [4.69, 9.17) is 4.74 Å². The molecule has 0 spiro atoms. The molecule has 0 radical (unpaired) electrons. The van der Waals surface area contributed by atoms with Gasteiger partial charge in [-0.1, -0.05) is 18.2 Å². The summed E-state index contributed by atoms with van der Waals surface area (Å²) in [6.07, 6.45) is 1.42. The van der Waals surface area contributed by atoms with Crippen LogP contribution in [0.4, 0.5) is 0 Å². The largest absolute Gasteiger partial charge is 0.490 e. The maximum absolute atomic E-state index is 12.8. The molecule has 1 saturated heterocycles. The molecule has 1 aromatic carbocycles. The smallest absolute Gasteiger partial charge is 0.246 e. The number of piperidine rings is 1. The van der Waals surface area contributed by atoms with Gasteiger partial charge in [0.1, 0.15) is 16.7 Å². The lowest BCUT2D eigenvalue weighted by Gasteiger charge is -2.31. The third-order valence-corrected chi connectivity index (χ3v) is 6.27. The van der Waals surface area contributed by atoms with Gasteiger partial charge in [0.25, 0.3) is 0 Å². The number of hydrogen-bond donors (Lipinski definition) is 1. The molecule has 0 unspecified atom stereocenters. The Kier molecular flexibility index (Phi) is 4.41. The number of nitrogens with one attached hydrogen (secondary N) is 1. The van der Waals surface area contributed by atoms with Crippen LogP contribution in [0.2, 0.25) is 0 Å². The lowest BCUT2D eigenvalue weighted by atomic mass is 10.1. The van der Waals surface area contributed by atoms with Gasteiger partial charge in [0.15, 0.2) is 0 Å². The molecule has 1 N–H and O–H groups in total. The number of ether oxygens (including phenoxy) is 1. The third-order valence-electron chi connectivity index (χ3n) is 4.11. The number of para-hydroxylation sites is 1. The zero-order valence-corrected chi connectivity index (χ0v) is 14.1. The maximum atomic E-state index is 12.8. The van der Waals surface area contributed by atoms with E-state index in [1.54, 1.807) is 13.8 Å². The first-order valence-electron chi connectivity index (χ1n) is 7.72. The average molecular weight is 335 g/mol. The van der Waals surface area contributed by atoms with Crippen molar-refractivity contribution in [2.45, 2.75) is 37.7 Å². The van der Waals surface area contributed by atoms with E-state index in [1.165, 1.54) is 4.31 Å². The van der Waals surface area contributed by atoms with Crippen LogP contribution in [0.1, 0.15) is 24.2 Å². The van der Waals surface area contributed by atoms with Crippen molar-refractivity contribution in [2.24, 2.45) is 0 Å². The minimum atomic E-state index is -3.49. The van der Waals surface area contributed by atoms with Crippen molar-refractivity contribution in [1.29, 1.82) is 0 Å². The number of sulfonamides is 1. The van der Waals surface area contributed by atoms with E-state index < -0.39 is 10.0 Å². The van der Waals surface area contributed by atoms with Crippen LogP contribution >= 0.6 is 0 Å². The molecule has 0 saturated carbocycles. The average Bonchev–Trinajstić information content (AvgIpc) is 2.88. The summed E-state index contributed by atoms with van der Waals surface area (Å²) in [5.74, 6) is 0.829. The Balaban J connectivity index is 1.67. The first-order valence-corrected chi connectivity index (χ1v) is 9.16. The minimum absolute atomic E-state index is 0.0513. The number of hydrogen-bond acceptors (Lipinski definition) is 4. The summed E-state index contributed by atoms with van der Waals surface area (Å²) in [6.45, 7) is 4.37. The van der Waals surface area contributed by atoms with Crippen LogP contribution in [-0.2, 0) is 10.0 Å². The van der Waals surface area contributed by atoms with Gasteiger partial charge >= 0.3 is 0 Å². The van der Waals surface area contributed by atoms with Crippen molar-refractivity contribution >= 4 is 10.0 Å².